The van der Waals surface area contributed by atoms with E-state index in [-0.39, 0.29) is 0 Å². The molecule has 0 atom stereocenters. The molecule has 0 heterocycles. The first-order valence-electron chi connectivity index (χ1n) is 4.34. The largest absolute Gasteiger partial charge is 0.0917 e. The highest BCUT2D eigenvalue weighted by Crippen LogP contribution is 1.93. The van der Waals surface area contributed by atoms with Crippen molar-refractivity contribution < 1.29 is 0 Å². The molecule has 0 fully saturated rings. The van der Waals surface area contributed by atoms with Gasteiger partial charge in [0.15, 0.2) is 0 Å². The van der Waals surface area contributed by atoms with Crippen molar-refractivity contribution in [2.24, 2.45) is 0 Å². The van der Waals surface area contributed by atoms with E-state index in [9.17, 15) is 0 Å². The standard InChI is InChI=1S/C11H18/c1-3-5-7-9-11-10-8-6-4-2/h3,5-6,8,10-11H,4,7,9H2,1-2H3/b5-3+,8-6+,11-10+. The highest BCUT2D eigenvalue weighted by Gasteiger charge is 1.72. The van der Waals surface area contributed by atoms with Crippen LogP contribution in [-0.4, -0.2) is 0 Å². The lowest BCUT2D eigenvalue weighted by atomic mass is 10.2. The van der Waals surface area contributed by atoms with Crippen molar-refractivity contribution in [1.82, 2.24) is 0 Å². The van der Waals surface area contributed by atoms with Gasteiger partial charge in [-0.3, -0.25) is 0 Å². The normalized spacial score (nSPS) is 12.5. The molecular formula is C11H18. The lowest BCUT2D eigenvalue weighted by Crippen LogP contribution is -1.62. The quantitative estimate of drug-likeness (QED) is 0.317. The fraction of sp³-hybridized carbons (Fsp3) is 0.455. The van der Waals surface area contributed by atoms with Crippen molar-refractivity contribution in [3.63, 3.8) is 0 Å². The Morgan fingerprint density at radius 3 is 2.18 bits per heavy atom. The summed E-state index contributed by atoms with van der Waals surface area (Å²) in [5, 5.41) is 0. The molecule has 0 nitrogen and oxygen atoms in total. The fourth-order valence-electron chi connectivity index (χ4n) is 0.749. The summed E-state index contributed by atoms with van der Waals surface area (Å²) in [6.45, 7) is 4.20. The van der Waals surface area contributed by atoms with Crippen molar-refractivity contribution in [2.75, 3.05) is 0 Å². The first kappa shape index (κ1) is 10.2. The fourth-order valence-corrected chi connectivity index (χ4v) is 0.749. The Morgan fingerprint density at radius 2 is 1.55 bits per heavy atom. The molecule has 0 aromatic heterocycles. The van der Waals surface area contributed by atoms with Gasteiger partial charge in [0, 0.05) is 0 Å². The second-order valence-electron chi connectivity index (χ2n) is 2.41. The number of allylic oxidation sites excluding steroid dienone is 6. The van der Waals surface area contributed by atoms with E-state index < -0.39 is 0 Å². The van der Waals surface area contributed by atoms with Crippen molar-refractivity contribution in [3.8, 4) is 0 Å². The van der Waals surface area contributed by atoms with E-state index in [1.807, 2.05) is 0 Å². The van der Waals surface area contributed by atoms with Crippen LogP contribution in [0.1, 0.15) is 33.1 Å². The number of hydrogen-bond acceptors (Lipinski definition) is 0. The molecule has 0 unspecified atom stereocenters. The first-order chi connectivity index (χ1) is 5.41. The number of unbranched alkanes of at least 4 members (excludes halogenated alkanes) is 1. The van der Waals surface area contributed by atoms with Crippen LogP contribution in [0.2, 0.25) is 0 Å². The van der Waals surface area contributed by atoms with E-state index in [1.54, 1.807) is 0 Å². The van der Waals surface area contributed by atoms with Gasteiger partial charge < -0.3 is 0 Å². The molecule has 62 valence electrons. The highest BCUT2D eigenvalue weighted by atomic mass is 13.8. The topological polar surface area (TPSA) is 0 Å². The Kier molecular flexibility index (Phi) is 8.57. The molecule has 11 heavy (non-hydrogen) atoms. The van der Waals surface area contributed by atoms with E-state index >= 15 is 0 Å². The van der Waals surface area contributed by atoms with Crippen LogP contribution < -0.4 is 0 Å². The van der Waals surface area contributed by atoms with Crippen LogP contribution in [0.25, 0.3) is 0 Å². The zero-order valence-corrected chi connectivity index (χ0v) is 7.59. The monoisotopic (exact) mass is 150 g/mol. The molecule has 0 aliphatic carbocycles. The van der Waals surface area contributed by atoms with Crippen LogP contribution >= 0.6 is 0 Å². The molecule has 0 aliphatic rings. The number of rotatable bonds is 5. The van der Waals surface area contributed by atoms with Crippen molar-refractivity contribution in [2.45, 2.75) is 33.1 Å². The van der Waals surface area contributed by atoms with Gasteiger partial charge in [-0.25, -0.2) is 0 Å². The van der Waals surface area contributed by atoms with Crippen LogP contribution in [0.4, 0.5) is 0 Å². The molecule has 0 aromatic carbocycles. The van der Waals surface area contributed by atoms with Gasteiger partial charge in [0.1, 0.15) is 0 Å². The van der Waals surface area contributed by atoms with E-state index in [1.165, 1.54) is 0 Å². The zero-order chi connectivity index (χ0) is 8.36. The molecular weight excluding hydrogens is 132 g/mol. The molecule has 0 bridgehead atoms. The number of hydrogen-bond donors (Lipinski definition) is 0. The summed E-state index contributed by atoms with van der Waals surface area (Å²) in [7, 11) is 0. The summed E-state index contributed by atoms with van der Waals surface area (Å²) >= 11 is 0. The minimum absolute atomic E-state index is 1.12. The maximum atomic E-state index is 2.20. The van der Waals surface area contributed by atoms with Crippen LogP contribution in [0.5, 0.6) is 0 Å². The Hall–Kier alpha value is -0.780. The van der Waals surface area contributed by atoms with E-state index in [4.69, 9.17) is 0 Å². The molecule has 0 heteroatoms. The third-order valence-electron chi connectivity index (χ3n) is 1.35. The molecule has 0 saturated carbocycles. The second-order valence-corrected chi connectivity index (χ2v) is 2.41. The summed E-state index contributed by atoms with van der Waals surface area (Å²) in [6, 6.07) is 0. The average Bonchev–Trinajstić information content (AvgIpc) is 2.03. The molecule has 0 radical (unpaired) electrons. The summed E-state index contributed by atoms with van der Waals surface area (Å²) in [5.41, 5.74) is 0. The lowest BCUT2D eigenvalue weighted by Gasteiger charge is -1.83. The molecule has 0 aliphatic heterocycles. The molecule has 0 amide bonds. The molecule has 0 rings (SSSR count). The molecule has 0 saturated heterocycles. The van der Waals surface area contributed by atoms with E-state index in [0.29, 0.717) is 0 Å². The Bertz CT molecular complexity index is 138. The highest BCUT2D eigenvalue weighted by molar-refractivity contribution is 5.02. The smallest absolute Gasteiger partial charge is 0.0313 e. The van der Waals surface area contributed by atoms with Gasteiger partial charge in [-0.15, -0.1) is 0 Å². The van der Waals surface area contributed by atoms with Gasteiger partial charge >= 0.3 is 0 Å². The lowest BCUT2D eigenvalue weighted by molar-refractivity contribution is 1.05. The van der Waals surface area contributed by atoms with Crippen LogP contribution in [-0.2, 0) is 0 Å². The Balaban J connectivity index is 3.23. The van der Waals surface area contributed by atoms with Gasteiger partial charge in [0.25, 0.3) is 0 Å². The maximum Gasteiger partial charge on any atom is -0.0313 e. The third-order valence-corrected chi connectivity index (χ3v) is 1.35. The summed E-state index contributed by atoms with van der Waals surface area (Å²) in [4.78, 5) is 0. The van der Waals surface area contributed by atoms with Gasteiger partial charge in [-0.2, -0.15) is 0 Å². The van der Waals surface area contributed by atoms with E-state index in [0.717, 1.165) is 19.3 Å². The van der Waals surface area contributed by atoms with Crippen molar-refractivity contribution in [3.05, 3.63) is 36.5 Å². The van der Waals surface area contributed by atoms with Crippen LogP contribution in [0, 0.1) is 0 Å². The Labute approximate surface area is 70.3 Å². The maximum absolute atomic E-state index is 2.20. The minimum atomic E-state index is 1.12. The minimum Gasteiger partial charge on any atom is -0.0917 e. The average molecular weight is 150 g/mol. The van der Waals surface area contributed by atoms with Gasteiger partial charge in [0.2, 0.25) is 0 Å². The van der Waals surface area contributed by atoms with Crippen molar-refractivity contribution in [1.29, 1.82) is 0 Å². The van der Waals surface area contributed by atoms with Crippen LogP contribution in [0.15, 0.2) is 36.5 Å². The summed E-state index contributed by atoms with van der Waals surface area (Å²) in [6.07, 6.45) is 16.3. The summed E-state index contributed by atoms with van der Waals surface area (Å²) < 4.78 is 0. The zero-order valence-electron chi connectivity index (χ0n) is 7.59. The molecule has 0 spiro atoms. The molecule has 0 N–H and O–H groups in total. The third kappa shape index (κ3) is 9.22. The van der Waals surface area contributed by atoms with Crippen molar-refractivity contribution >= 4 is 0 Å². The first-order valence-corrected chi connectivity index (χ1v) is 4.34. The van der Waals surface area contributed by atoms with E-state index in [2.05, 4.69) is 50.3 Å². The molecule has 0 aromatic rings. The second kappa shape index (κ2) is 9.22. The predicted molar refractivity (Wildman–Crippen MR) is 52.6 cm³/mol. The summed E-state index contributed by atoms with van der Waals surface area (Å²) in [5.74, 6) is 0. The SMILES string of the molecule is C/C=C/CC/C=C/C=C/CC. The van der Waals surface area contributed by atoms with Gasteiger partial charge in [-0.1, -0.05) is 43.4 Å². The van der Waals surface area contributed by atoms with Gasteiger partial charge in [0.05, 0.1) is 0 Å². The Morgan fingerprint density at radius 1 is 0.909 bits per heavy atom. The van der Waals surface area contributed by atoms with Gasteiger partial charge in [-0.05, 0) is 26.2 Å². The predicted octanol–water partition coefficient (Wildman–Crippen LogP) is 3.87. The van der Waals surface area contributed by atoms with Crippen LogP contribution in [0.3, 0.4) is 0 Å².